The van der Waals surface area contributed by atoms with Crippen molar-refractivity contribution in [2.45, 2.75) is 269 Å². The van der Waals surface area contributed by atoms with Crippen molar-refractivity contribution in [1.82, 2.24) is 24.9 Å². The molecule has 7 heterocycles. The van der Waals surface area contributed by atoms with Crippen molar-refractivity contribution in [3.63, 3.8) is 0 Å². The van der Waals surface area contributed by atoms with Crippen LogP contribution in [0.1, 0.15) is 278 Å². The standard InChI is InChI=1S/C10H8.4C9H7N.2C8H7N.C6H6.C5H5N.7C5H12.3C4H10/c1-2-6-10-8-4-3-7-9(10)5-1;2*1-2-6-9-8(4-1)5-3-7-10-9;2*1-2-4-9-7-10-6-5-8(9)3-1;2*1-2-4-8-6-9-5-7(8)3-1;2*1-2-4-6-5-3-1;7*1-5(2,3)4;3*1-4(2)3/h1-8H;4*1-7H;2*1-5H,6H2;1-6H;1-5H;7*1-4H3;3*4H,1-3H3. The van der Waals surface area contributed by atoms with Gasteiger partial charge in [0.25, 0.3) is 0 Å². The summed E-state index contributed by atoms with van der Waals surface area (Å²) in [4.78, 5) is 28.4. The predicted molar refractivity (Wildman–Crippen MR) is 575 cm³/mol. The van der Waals surface area contributed by atoms with Crippen LogP contribution < -0.4 is 0 Å². The Hall–Kier alpha value is -10.6. The van der Waals surface area contributed by atoms with Gasteiger partial charge in [-0.05, 0) is 159 Å². The Labute approximate surface area is 778 Å². The van der Waals surface area contributed by atoms with Crippen LogP contribution in [0.25, 0.3) is 54.1 Å². The van der Waals surface area contributed by atoms with Crippen molar-refractivity contribution in [2.24, 2.45) is 65.6 Å². The summed E-state index contributed by atoms with van der Waals surface area (Å²) in [7, 11) is 0. The normalized spacial score (nSPS) is 10.8. The molecule has 14 aromatic rings. The smallest absolute Gasteiger partial charge is 0.0701 e. The van der Waals surface area contributed by atoms with Gasteiger partial charge in [-0.2, -0.15) is 0 Å². The van der Waals surface area contributed by atoms with Gasteiger partial charge in [-0.25, -0.2) is 0 Å². The fourth-order valence-corrected chi connectivity index (χ4v) is 8.01. The molecule has 0 saturated carbocycles. The third-order valence-electron chi connectivity index (χ3n) is 12.1. The Balaban J connectivity index is -0.00000129. The molecule has 0 aliphatic carbocycles. The number of hydrogen-bond donors (Lipinski definition) is 0. The molecule has 0 amide bonds. The molecule has 0 bridgehead atoms. The molecule has 0 atom stereocenters. The van der Waals surface area contributed by atoms with E-state index in [0.29, 0.717) is 37.9 Å². The highest BCUT2D eigenvalue weighted by Gasteiger charge is 2.04. The molecular formula is C120H175N7. The molecule has 7 heteroatoms. The van der Waals surface area contributed by atoms with E-state index in [-0.39, 0.29) is 0 Å². The fourth-order valence-electron chi connectivity index (χ4n) is 8.01. The van der Waals surface area contributed by atoms with E-state index in [1.807, 2.05) is 213 Å². The summed E-state index contributed by atoms with van der Waals surface area (Å²) in [6.45, 7) is 82.5. The molecule has 0 radical (unpaired) electrons. The van der Waals surface area contributed by atoms with Crippen molar-refractivity contribution in [3.8, 4) is 0 Å². The number of aliphatic imine (C=N–C) groups is 2. The summed E-state index contributed by atoms with van der Waals surface area (Å²) < 4.78 is 0. The molecule has 0 unspecified atom stereocenters. The van der Waals surface area contributed by atoms with Crippen LogP contribution >= 0.6 is 0 Å². The summed E-state index contributed by atoms with van der Waals surface area (Å²) in [5.41, 5.74) is 10.9. The van der Waals surface area contributed by atoms with Crippen LogP contribution in [0, 0.1) is 55.7 Å². The summed E-state index contributed by atoms with van der Waals surface area (Å²) in [6.07, 6.45) is 18.3. The molecule has 16 rings (SSSR count). The minimum Gasteiger partial charge on any atom is -0.288 e. The molecule has 5 aromatic heterocycles. The molecule has 0 saturated heterocycles. The van der Waals surface area contributed by atoms with Crippen LogP contribution in [0.15, 0.2) is 345 Å². The molecule has 7 nitrogen and oxygen atoms in total. The lowest BCUT2D eigenvalue weighted by molar-refractivity contribution is 0.469. The van der Waals surface area contributed by atoms with Crippen LogP contribution in [0.2, 0.25) is 0 Å². The van der Waals surface area contributed by atoms with E-state index in [4.69, 9.17) is 0 Å². The maximum atomic E-state index is 4.18. The molecule has 2 aliphatic rings. The zero-order valence-electron chi connectivity index (χ0n) is 86.7. The SMILES string of the molecule is C1=NCc2ccccc21.C1=NCc2ccccc21.CC(C)(C)C.CC(C)(C)C.CC(C)(C)C.CC(C)(C)C.CC(C)(C)C.CC(C)(C)C.CC(C)(C)C.CC(C)C.CC(C)C.CC(C)C.c1ccc2ccccc2c1.c1ccc2cnccc2c1.c1ccc2cnccc2c1.c1ccc2ncccc2c1.c1ccc2ncccc2c1.c1ccccc1.c1ccncc1. The average Bonchev–Trinajstić information content (AvgIpc) is 1.86. The summed E-state index contributed by atoms with van der Waals surface area (Å²) >= 11 is 0. The number of pyridine rings is 5. The maximum Gasteiger partial charge on any atom is 0.0701 e. The van der Waals surface area contributed by atoms with E-state index >= 15 is 0 Å². The van der Waals surface area contributed by atoms with Crippen LogP contribution in [0.3, 0.4) is 0 Å². The van der Waals surface area contributed by atoms with Gasteiger partial charge in [0.2, 0.25) is 0 Å². The average molecular weight is 1720 g/mol. The van der Waals surface area contributed by atoms with Gasteiger partial charge in [0.15, 0.2) is 0 Å². The maximum absolute atomic E-state index is 4.18. The fraction of sp³-hybridized carbons (Fsp3) is 0.408. The number of fused-ring (bicyclic) bond motifs is 7. The highest BCUT2D eigenvalue weighted by Crippen LogP contribution is 2.18. The third kappa shape index (κ3) is 94.3. The Kier molecular flexibility index (Phi) is 65.1. The number of aromatic nitrogens is 5. The molecular weight excluding hydrogens is 1540 g/mol. The Morgan fingerprint density at radius 1 is 0.189 bits per heavy atom. The van der Waals surface area contributed by atoms with Gasteiger partial charge in [-0.1, -0.05) is 493 Å². The van der Waals surface area contributed by atoms with E-state index in [2.05, 4.69) is 412 Å². The number of benzene rings is 9. The Morgan fingerprint density at radius 3 is 0.598 bits per heavy atom. The highest BCUT2D eigenvalue weighted by atomic mass is 14.7. The van der Waals surface area contributed by atoms with E-state index in [1.165, 1.54) is 65.3 Å². The minimum atomic E-state index is 0.500. The Morgan fingerprint density at radius 2 is 0.386 bits per heavy atom. The van der Waals surface area contributed by atoms with Gasteiger partial charge in [0, 0.05) is 72.8 Å². The van der Waals surface area contributed by atoms with Crippen LogP contribution in [0.5, 0.6) is 0 Å². The van der Waals surface area contributed by atoms with Crippen molar-refractivity contribution < 1.29 is 0 Å². The van der Waals surface area contributed by atoms with E-state index < -0.39 is 0 Å². The van der Waals surface area contributed by atoms with Crippen LogP contribution in [-0.4, -0.2) is 37.3 Å². The first-order chi connectivity index (χ1) is 59.0. The summed E-state index contributed by atoms with van der Waals surface area (Å²) in [5.74, 6) is 2.50. The van der Waals surface area contributed by atoms with Crippen molar-refractivity contribution >= 4 is 66.6 Å². The van der Waals surface area contributed by atoms with E-state index in [1.54, 1.807) is 12.4 Å². The lowest BCUT2D eigenvalue weighted by atomic mass is 10.0. The van der Waals surface area contributed by atoms with Crippen molar-refractivity contribution in [3.05, 3.63) is 357 Å². The van der Waals surface area contributed by atoms with Crippen molar-refractivity contribution in [1.29, 1.82) is 0 Å². The first-order valence-electron chi connectivity index (χ1n) is 45.6. The number of hydrogen-bond acceptors (Lipinski definition) is 7. The molecule has 0 N–H and O–H groups in total. The zero-order valence-corrected chi connectivity index (χ0v) is 86.7. The molecule has 0 fully saturated rings. The molecule has 690 valence electrons. The largest absolute Gasteiger partial charge is 0.288 e. The number of rotatable bonds is 0. The van der Waals surface area contributed by atoms with Gasteiger partial charge < -0.3 is 0 Å². The second kappa shape index (κ2) is 68.6. The van der Waals surface area contributed by atoms with Gasteiger partial charge >= 0.3 is 0 Å². The monoisotopic (exact) mass is 1710 g/mol. The summed E-state index contributed by atoms with van der Waals surface area (Å²) in [6, 6.07) is 95.6. The molecule has 2 aliphatic heterocycles. The summed E-state index contributed by atoms with van der Waals surface area (Å²) in [5, 5.41) is 9.91. The van der Waals surface area contributed by atoms with Gasteiger partial charge in [0.05, 0.1) is 24.1 Å². The topological polar surface area (TPSA) is 89.2 Å². The second-order valence-electron chi connectivity index (χ2n) is 43.9. The number of para-hydroxylation sites is 2. The van der Waals surface area contributed by atoms with Gasteiger partial charge in [-0.15, -0.1) is 0 Å². The first-order valence-corrected chi connectivity index (χ1v) is 45.6. The number of nitrogens with zero attached hydrogens (tertiary/aromatic N) is 7. The second-order valence-corrected chi connectivity index (χ2v) is 43.9. The van der Waals surface area contributed by atoms with Crippen LogP contribution in [0.4, 0.5) is 0 Å². The Bertz CT molecular complexity index is 3910. The first kappa shape index (κ1) is 121. The van der Waals surface area contributed by atoms with E-state index in [9.17, 15) is 0 Å². The zero-order chi connectivity index (χ0) is 97.0. The predicted octanol–water partition coefficient (Wildman–Crippen LogP) is 37.1. The van der Waals surface area contributed by atoms with Gasteiger partial charge in [0.1, 0.15) is 0 Å². The van der Waals surface area contributed by atoms with Crippen molar-refractivity contribution in [2.75, 3.05) is 0 Å². The highest BCUT2D eigenvalue weighted by molar-refractivity contribution is 5.86. The molecule has 0 spiro atoms. The van der Waals surface area contributed by atoms with Gasteiger partial charge in [-0.3, -0.25) is 34.9 Å². The molecule has 127 heavy (non-hydrogen) atoms. The molecule has 9 aromatic carbocycles. The van der Waals surface area contributed by atoms with Crippen LogP contribution in [-0.2, 0) is 13.1 Å². The quantitative estimate of drug-likeness (QED) is 0.151. The van der Waals surface area contributed by atoms with E-state index in [0.717, 1.165) is 41.9 Å². The third-order valence-corrected chi connectivity index (χ3v) is 12.1. The lowest BCUT2D eigenvalue weighted by Gasteiger charge is -2.05. The lowest BCUT2D eigenvalue weighted by Crippen LogP contribution is -1.93. The minimum absolute atomic E-state index is 0.500.